The van der Waals surface area contributed by atoms with E-state index in [1.54, 1.807) is 12.1 Å². The van der Waals surface area contributed by atoms with Crippen LogP contribution in [0.25, 0.3) is 11.1 Å². The van der Waals surface area contributed by atoms with Gasteiger partial charge in [0.1, 0.15) is 18.4 Å². The quantitative estimate of drug-likeness (QED) is 0.518. The Balaban J connectivity index is 1.18. The summed E-state index contributed by atoms with van der Waals surface area (Å²) in [5.74, 6) is 0.918. The average molecular weight is 499 g/mol. The molecule has 37 heavy (non-hydrogen) atoms. The number of hydrogen-bond acceptors (Lipinski definition) is 6. The van der Waals surface area contributed by atoms with Crippen molar-refractivity contribution in [1.29, 1.82) is 0 Å². The lowest BCUT2D eigenvalue weighted by molar-refractivity contribution is -0.125. The first kappa shape index (κ1) is 23.2. The molecule has 2 amide bonds. The Hall–Kier alpha value is -4.17. The van der Waals surface area contributed by atoms with Crippen LogP contribution in [0.5, 0.6) is 11.5 Å². The number of amides is 2. The summed E-state index contributed by atoms with van der Waals surface area (Å²) in [4.78, 5) is 42.5. The number of hydrogen-bond donors (Lipinski definition) is 2. The van der Waals surface area contributed by atoms with Gasteiger partial charge in [-0.15, -0.1) is 0 Å². The number of aryl methyl sites for hydroxylation is 1. The van der Waals surface area contributed by atoms with Crippen molar-refractivity contribution in [3.8, 4) is 22.6 Å². The third-order valence-electron chi connectivity index (χ3n) is 7.38. The molecule has 8 nitrogen and oxygen atoms in total. The van der Waals surface area contributed by atoms with E-state index in [-0.39, 0.29) is 31.0 Å². The summed E-state index contributed by atoms with van der Waals surface area (Å²) in [6.07, 6.45) is 2.01. The zero-order valence-electron chi connectivity index (χ0n) is 20.3. The fourth-order valence-electron chi connectivity index (χ4n) is 4.99. The van der Waals surface area contributed by atoms with Gasteiger partial charge in [-0.25, -0.2) is 5.48 Å². The van der Waals surface area contributed by atoms with E-state index in [1.807, 2.05) is 49.4 Å². The second kappa shape index (κ2) is 9.05. The molecule has 2 heterocycles. The van der Waals surface area contributed by atoms with Gasteiger partial charge in [0.2, 0.25) is 6.79 Å². The summed E-state index contributed by atoms with van der Waals surface area (Å²) in [5, 5.41) is 2.67. The smallest absolute Gasteiger partial charge is 0.268 e. The van der Waals surface area contributed by atoms with Gasteiger partial charge in [0.15, 0.2) is 11.5 Å². The lowest BCUT2D eigenvalue weighted by atomic mass is 9.87. The van der Waals surface area contributed by atoms with E-state index in [9.17, 15) is 14.4 Å². The van der Waals surface area contributed by atoms with Crippen LogP contribution in [0.3, 0.4) is 0 Å². The highest BCUT2D eigenvalue weighted by Crippen LogP contribution is 2.51. The third kappa shape index (κ3) is 4.34. The highest BCUT2D eigenvalue weighted by atomic mass is 16.7. The Bertz CT molecular complexity index is 1410. The Morgan fingerprint density at radius 2 is 1.78 bits per heavy atom. The van der Waals surface area contributed by atoms with E-state index in [1.165, 1.54) is 0 Å². The number of fused-ring (bicyclic) bond motifs is 1. The average Bonchev–Trinajstić information content (AvgIpc) is 3.43. The van der Waals surface area contributed by atoms with Crippen LogP contribution in [0.15, 0.2) is 60.7 Å². The minimum Gasteiger partial charge on any atom is -0.454 e. The molecule has 2 N–H and O–H groups in total. The first-order valence-electron chi connectivity index (χ1n) is 12.3. The molecule has 3 aromatic carbocycles. The molecule has 2 fully saturated rings. The number of carbonyl (C=O) groups excluding carboxylic acids is 3. The zero-order chi connectivity index (χ0) is 25.6. The molecule has 6 rings (SSSR count). The van der Waals surface area contributed by atoms with Crippen molar-refractivity contribution < 1.29 is 28.7 Å². The monoisotopic (exact) mass is 498 g/mol. The SMILES string of the molecule is Cc1ccc(CC(=O)C2(c3ccc4c(c3)OCO4)CC2)cc1-c1ccc(C(=O)N[C@@H]2CONC2=O)cc1. The minimum absolute atomic E-state index is 0.101. The summed E-state index contributed by atoms with van der Waals surface area (Å²) < 4.78 is 10.9. The van der Waals surface area contributed by atoms with E-state index in [0.29, 0.717) is 17.7 Å². The summed E-state index contributed by atoms with van der Waals surface area (Å²) in [5.41, 5.74) is 7.19. The van der Waals surface area contributed by atoms with Crippen LogP contribution in [-0.2, 0) is 26.3 Å². The number of rotatable bonds is 7. The molecule has 0 aromatic heterocycles. The fourth-order valence-corrected chi connectivity index (χ4v) is 4.99. The number of ketones is 1. The Labute approximate surface area is 213 Å². The lowest BCUT2D eigenvalue weighted by Crippen LogP contribution is -2.41. The van der Waals surface area contributed by atoms with Gasteiger partial charge < -0.3 is 14.8 Å². The maximum atomic E-state index is 13.5. The van der Waals surface area contributed by atoms with Crippen molar-refractivity contribution in [2.24, 2.45) is 0 Å². The molecular weight excluding hydrogens is 472 g/mol. The summed E-state index contributed by atoms with van der Waals surface area (Å²) >= 11 is 0. The van der Waals surface area contributed by atoms with Crippen LogP contribution in [-0.4, -0.2) is 37.0 Å². The van der Waals surface area contributed by atoms with E-state index in [0.717, 1.165) is 46.4 Å². The third-order valence-corrected chi connectivity index (χ3v) is 7.38. The van der Waals surface area contributed by atoms with Crippen molar-refractivity contribution in [2.45, 2.75) is 37.6 Å². The van der Waals surface area contributed by atoms with E-state index >= 15 is 0 Å². The van der Waals surface area contributed by atoms with Crippen molar-refractivity contribution in [2.75, 3.05) is 13.4 Å². The first-order chi connectivity index (χ1) is 17.9. The van der Waals surface area contributed by atoms with Gasteiger partial charge in [-0.2, -0.15) is 0 Å². The molecule has 3 aromatic rings. The van der Waals surface area contributed by atoms with Crippen LogP contribution in [0.4, 0.5) is 0 Å². The van der Waals surface area contributed by atoms with E-state index in [2.05, 4.69) is 16.9 Å². The van der Waals surface area contributed by atoms with E-state index < -0.39 is 11.5 Å². The largest absolute Gasteiger partial charge is 0.454 e. The van der Waals surface area contributed by atoms with Gasteiger partial charge in [-0.1, -0.05) is 36.4 Å². The molecule has 0 unspecified atom stereocenters. The summed E-state index contributed by atoms with van der Waals surface area (Å²) in [7, 11) is 0. The number of hydroxylamine groups is 1. The Morgan fingerprint density at radius 1 is 1.00 bits per heavy atom. The number of Topliss-reactive ketones (excluding diaryl/α,β-unsaturated/α-hetero) is 1. The molecule has 1 atom stereocenters. The predicted molar refractivity (Wildman–Crippen MR) is 134 cm³/mol. The molecule has 3 aliphatic rings. The topological polar surface area (TPSA) is 103 Å². The lowest BCUT2D eigenvalue weighted by Gasteiger charge is -2.16. The number of benzene rings is 3. The van der Waals surface area contributed by atoms with Gasteiger partial charge in [0.25, 0.3) is 11.8 Å². The molecule has 1 aliphatic carbocycles. The molecule has 1 saturated carbocycles. The molecular formula is C29H26N2O6. The van der Waals surface area contributed by atoms with Gasteiger partial charge in [-0.05, 0) is 71.8 Å². The number of carbonyl (C=O) groups is 3. The molecule has 0 spiro atoms. The van der Waals surface area contributed by atoms with Gasteiger partial charge in [0, 0.05) is 12.0 Å². The maximum Gasteiger partial charge on any atom is 0.268 e. The van der Waals surface area contributed by atoms with Crippen molar-refractivity contribution >= 4 is 17.6 Å². The molecule has 0 bridgehead atoms. The van der Waals surface area contributed by atoms with Gasteiger partial charge in [0.05, 0.1) is 5.41 Å². The maximum absolute atomic E-state index is 13.5. The van der Waals surface area contributed by atoms with Crippen molar-refractivity contribution in [1.82, 2.24) is 10.8 Å². The molecule has 1 saturated heterocycles. The van der Waals surface area contributed by atoms with Crippen molar-refractivity contribution in [3.05, 3.63) is 82.9 Å². The first-order valence-corrected chi connectivity index (χ1v) is 12.3. The minimum atomic E-state index is -0.698. The highest BCUT2D eigenvalue weighted by molar-refractivity contribution is 5.98. The Morgan fingerprint density at radius 3 is 2.51 bits per heavy atom. The normalized spacial score (nSPS) is 18.8. The molecule has 2 aliphatic heterocycles. The van der Waals surface area contributed by atoms with Gasteiger partial charge in [-0.3, -0.25) is 19.2 Å². The summed E-state index contributed by atoms with van der Waals surface area (Å²) in [6, 6.07) is 18.4. The molecule has 0 radical (unpaired) electrons. The summed E-state index contributed by atoms with van der Waals surface area (Å²) in [6.45, 7) is 2.34. The second-order valence-corrected chi connectivity index (χ2v) is 9.78. The molecule has 188 valence electrons. The van der Waals surface area contributed by atoms with Crippen LogP contribution in [0, 0.1) is 6.92 Å². The number of nitrogens with one attached hydrogen (secondary N) is 2. The zero-order valence-corrected chi connectivity index (χ0v) is 20.3. The van der Waals surface area contributed by atoms with Gasteiger partial charge >= 0.3 is 0 Å². The Kier molecular flexibility index (Phi) is 5.68. The van der Waals surface area contributed by atoms with Crippen LogP contribution in [0.1, 0.15) is 39.9 Å². The highest BCUT2D eigenvalue weighted by Gasteiger charge is 2.50. The van der Waals surface area contributed by atoms with Crippen LogP contribution in [0.2, 0.25) is 0 Å². The van der Waals surface area contributed by atoms with Crippen molar-refractivity contribution in [3.63, 3.8) is 0 Å². The second-order valence-electron chi connectivity index (χ2n) is 9.78. The molecule has 8 heteroatoms. The van der Waals surface area contributed by atoms with Crippen LogP contribution < -0.4 is 20.3 Å². The standard InChI is InChI=1S/C29H26N2O6/c1-17-2-3-18(13-26(32)29(10-11-29)21-8-9-24-25(14-21)36-16-35-24)12-22(17)19-4-6-20(7-5-19)27(33)30-23-15-37-31-28(23)34/h2-9,12,14,23H,10-11,13,15-16H2,1H3,(H,30,33)(H,31,34)/t23-/m1/s1. The van der Waals surface area contributed by atoms with Crippen LogP contribution >= 0.6 is 0 Å². The number of ether oxygens (including phenoxy) is 2. The predicted octanol–water partition coefficient (Wildman–Crippen LogP) is 3.39. The van der Waals surface area contributed by atoms with E-state index in [4.69, 9.17) is 14.3 Å². The fraction of sp³-hybridized carbons (Fsp3) is 0.276.